The second-order valence-electron chi connectivity index (χ2n) is 15.7. The summed E-state index contributed by atoms with van der Waals surface area (Å²) in [6, 6.07) is 81.2. The lowest BCUT2D eigenvalue weighted by Gasteiger charge is -2.26. The van der Waals surface area contributed by atoms with Crippen LogP contribution in [0.15, 0.2) is 229 Å². The number of para-hydroxylation sites is 2. The van der Waals surface area contributed by atoms with Crippen LogP contribution in [0.25, 0.3) is 98.4 Å². The summed E-state index contributed by atoms with van der Waals surface area (Å²) in [6.07, 6.45) is 0. The molecule has 0 fully saturated rings. The molecule has 0 saturated heterocycles. The lowest BCUT2D eigenvalue weighted by molar-refractivity contribution is 0.669. The number of rotatable bonds is 6. The molecule has 0 aliphatic carbocycles. The van der Waals surface area contributed by atoms with Gasteiger partial charge in [-0.05, 0) is 143 Å². The molecular weight excluding hydrogens is 727 g/mol. The van der Waals surface area contributed by atoms with E-state index in [0.29, 0.717) is 0 Å². The fourth-order valence-electron chi connectivity index (χ4n) is 9.32. The van der Waals surface area contributed by atoms with Gasteiger partial charge in [-0.3, -0.25) is 0 Å². The molecule has 0 aliphatic heterocycles. The highest BCUT2D eigenvalue weighted by atomic mass is 16.3. The molecule has 12 aromatic rings. The molecule has 11 aromatic carbocycles. The molecule has 0 radical (unpaired) electrons. The van der Waals surface area contributed by atoms with E-state index in [9.17, 15) is 0 Å². The summed E-state index contributed by atoms with van der Waals surface area (Å²) < 4.78 is 6.49. The maximum atomic E-state index is 6.49. The number of hydrogen-bond donors (Lipinski definition) is 0. The Balaban J connectivity index is 0.953. The summed E-state index contributed by atoms with van der Waals surface area (Å²) in [5.41, 5.74) is 12.2. The Morgan fingerprint density at radius 3 is 1.62 bits per heavy atom. The third-order valence-corrected chi connectivity index (χ3v) is 12.2. The predicted octanol–water partition coefficient (Wildman–Crippen LogP) is 16.7. The fourth-order valence-corrected chi connectivity index (χ4v) is 9.32. The van der Waals surface area contributed by atoms with Crippen LogP contribution in [0.4, 0.5) is 17.1 Å². The van der Waals surface area contributed by atoms with Crippen molar-refractivity contribution in [1.82, 2.24) is 0 Å². The lowest BCUT2D eigenvalue weighted by Crippen LogP contribution is -2.09. The van der Waals surface area contributed by atoms with Crippen LogP contribution >= 0.6 is 0 Å². The van der Waals surface area contributed by atoms with E-state index in [1.165, 1.54) is 65.3 Å². The van der Waals surface area contributed by atoms with Gasteiger partial charge in [-0.25, -0.2) is 0 Å². The summed E-state index contributed by atoms with van der Waals surface area (Å²) in [5, 5.41) is 12.2. The highest BCUT2D eigenvalue weighted by Gasteiger charge is 2.18. The average Bonchev–Trinajstić information content (AvgIpc) is 3.70. The van der Waals surface area contributed by atoms with Gasteiger partial charge in [0.15, 0.2) is 0 Å². The van der Waals surface area contributed by atoms with E-state index in [0.717, 1.165) is 50.1 Å². The Hall–Kier alpha value is -7.94. The van der Waals surface area contributed by atoms with E-state index in [2.05, 4.69) is 223 Å². The van der Waals surface area contributed by atoms with Gasteiger partial charge in [0.2, 0.25) is 0 Å². The molecule has 0 aliphatic rings. The Morgan fingerprint density at radius 2 is 0.833 bits per heavy atom. The number of anilines is 3. The van der Waals surface area contributed by atoms with Crippen molar-refractivity contribution in [3.8, 4) is 33.4 Å². The summed E-state index contributed by atoms with van der Waals surface area (Å²) in [4.78, 5) is 2.34. The monoisotopic (exact) mass is 763 g/mol. The first-order chi connectivity index (χ1) is 29.7. The zero-order valence-corrected chi connectivity index (χ0v) is 32.7. The average molecular weight is 764 g/mol. The van der Waals surface area contributed by atoms with Crippen LogP contribution in [0.5, 0.6) is 0 Å². The predicted molar refractivity (Wildman–Crippen MR) is 255 cm³/mol. The topological polar surface area (TPSA) is 16.4 Å². The molecule has 0 spiro atoms. The van der Waals surface area contributed by atoms with Crippen LogP contribution in [-0.2, 0) is 0 Å². The summed E-state index contributed by atoms with van der Waals surface area (Å²) in [6.45, 7) is 0. The van der Waals surface area contributed by atoms with Gasteiger partial charge in [-0.15, -0.1) is 0 Å². The van der Waals surface area contributed by atoms with Gasteiger partial charge in [0.1, 0.15) is 11.2 Å². The van der Waals surface area contributed by atoms with Crippen molar-refractivity contribution in [3.05, 3.63) is 224 Å². The maximum Gasteiger partial charge on any atom is 0.136 e. The first kappa shape index (κ1) is 34.1. The van der Waals surface area contributed by atoms with Crippen LogP contribution in [0.3, 0.4) is 0 Å². The van der Waals surface area contributed by atoms with Crippen molar-refractivity contribution in [1.29, 1.82) is 0 Å². The third kappa shape index (κ3) is 5.65. The van der Waals surface area contributed by atoms with Crippen LogP contribution < -0.4 is 4.90 Å². The molecule has 12 rings (SSSR count). The molecule has 2 heteroatoms. The number of fused-ring (bicyclic) bond motifs is 9. The fraction of sp³-hybridized carbons (Fsp3) is 0. The van der Waals surface area contributed by atoms with E-state index in [4.69, 9.17) is 4.42 Å². The van der Waals surface area contributed by atoms with Crippen molar-refractivity contribution in [2.45, 2.75) is 0 Å². The first-order valence-corrected chi connectivity index (χ1v) is 20.6. The number of hydrogen-bond acceptors (Lipinski definition) is 2. The van der Waals surface area contributed by atoms with Gasteiger partial charge < -0.3 is 9.32 Å². The summed E-state index contributed by atoms with van der Waals surface area (Å²) >= 11 is 0. The Labute approximate surface area is 347 Å². The number of benzene rings is 11. The SMILES string of the molecule is c1ccc(N(c2ccc(-c3ccc4c(c3)c(-c3ccc5ccccc5c3)cc3oc5ccccc5c34)cc2)c2ccc(-c3cc4ccccc4c4ccccc34)cc2)cc1. The van der Waals surface area contributed by atoms with Crippen LogP contribution in [0.2, 0.25) is 0 Å². The number of nitrogens with zero attached hydrogens (tertiary/aromatic N) is 1. The minimum Gasteiger partial charge on any atom is -0.456 e. The van der Waals surface area contributed by atoms with Crippen molar-refractivity contribution < 1.29 is 4.42 Å². The highest BCUT2D eigenvalue weighted by molar-refractivity contribution is 6.23. The smallest absolute Gasteiger partial charge is 0.136 e. The van der Waals surface area contributed by atoms with Gasteiger partial charge in [0, 0.05) is 27.8 Å². The standard InChI is InChI=1S/C58H37NO/c1-2-15-45(16-3-1)59(47-31-26-40(27-32-47)53-36-43-14-6-7-17-48(43)49-18-8-9-19-50(49)53)46-29-24-39(25-30-46)42-28-33-51-55(35-42)54(44-23-22-38-12-4-5-13-41(38)34-44)37-57-58(51)52-20-10-11-21-56(52)60-57/h1-37H. The van der Waals surface area contributed by atoms with Crippen molar-refractivity contribution in [2.24, 2.45) is 0 Å². The molecule has 2 nitrogen and oxygen atoms in total. The van der Waals surface area contributed by atoms with E-state index in [-0.39, 0.29) is 0 Å². The third-order valence-electron chi connectivity index (χ3n) is 12.2. The van der Waals surface area contributed by atoms with Crippen LogP contribution in [0.1, 0.15) is 0 Å². The van der Waals surface area contributed by atoms with E-state index in [1.54, 1.807) is 0 Å². The molecule has 0 amide bonds. The highest BCUT2D eigenvalue weighted by Crippen LogP contribution is 2.43. The molecule has 0 bridgehead atoms. The van der Waals surface area contributed by atoms with E-state index >= 15 is 0 Å². The second kappa shape index (κ2) is 13.9. The van der Waals surface area contributed by atoms with Gasteiger partial charge in [0.25, 0.3) is 0 Å². The van der Waals surface area contributed by atoms with Crippen molar-refractivity contribution in [3.63, 3.8) is 0 Å². The zero-order chi connectivity index (χ0) is 39.6. The minimum atomic E-state index is 0.906. The van der Waals surface area contributed by atoms with Gasteiger partial charge in [0.05, 0.1) is 0 Å². The van der Waals surface area contributed by atoms with Gasteiger partial charge in [-0.2, -0.15) is 0 Å². The lowest BCUT2D eigenvalue weighted by atomic mass is 9.91. The molecule has 1 aromatic heterocycles. The van der Waals surface area contributed by atoms with Crippen molar-refractivity contribution >= 4 is 82.1 Å². The van der Waals surface area contributed by atoms with Crippen LogP contribution in [-0.4, -0.2) is 0 Å². The Kier molecular flexibility index (Phi) is 7.89. The quantitative estimate of drug-likeness (QED) is 0.157. The molecule has 1 heterocycles. The Bertz CT molecular complexity index is 3580. The maximum absolute atomic E-state index is 6.49. The van der Waals surface area contributed by atoms with Crippen molar-refractivity contribution in [2.75, 3.05) is 4.90 Å². The summed E-state index contributed by atoms with van der Waals surface area (Å²) in [5.74, 6) is 0. The molecule has 60 heavy (non-hydrogen) atoms. The normalized spacial score (nSPS) is 11.7. The van der Waals surface area contributed by atoms with Gasteiger partial charge >= 0.3 is 0 Å². The second-order valence-corrected chi connectivity index (χ2v) is 15.7. The molecule has 0 unspecified atom stereocenters. The molecular formula is C58H37NO. The van der Waals surface area contributed by atoms with Gasteiger partial charge in [-0.1, -0.05) is 158 Å². The minimum absolute atomic E-state index is 0.906. The van der Waals surface area contributed by atoms with Crippen LogP contribution in [0, 0.1) is 0 Å². The van der Waals surface area contributed by atoms with E-state index < -0.39 is 0 Å². The first-order valence-electron chi connectivity index (χ1n) is 20.6. The molecule has 0 N–H and O–H groups in total. The largest absolute Gasteiger partial charge is 0.456 e. The molecule has 0 atom stereocenters. The molecule has 280 valence electrons. The number of furan rings is 1. The Morgan fingerprint density at radius 1 is 0.267 bits per heavy atom. The zero-order valence-electron chi connectivity index (χ0n) is 32.7. The summed E-state index contributed by atoms with van der Waals surface area (Å²) in [7, 11) is 0. The van der Waals surface area contributed by atoms with E-state index in [1.807, 2.05) is 6.07 Å². The molecule has 0 saturated carbocycles.